The summed E-state index contributed by atoms with van der Waals surface area (Å²) in [5, 5.41) is 2.43. The highest BCUT2D eigenvalue weighted by Gasteiger charge is 2.06. The van der Waals surface area contributed by atoms with Crippen LogP contribution in [0.3, 0.4) is 0 Å². The number of nitrogens with two attached hydrogens (primary N) is 1. The molecular formula is C18H20N2S. The average Bonchev–Trinajstić information content (AvgIpc) is 2.83. The molecular weight excluding hydrogens is 276 g/mol. The van der Waals surface area contributed by atoms with Crippen LogP contribution in [0.1, 0.15) is 18.1 Å². The van der Waals surface area contributed by atoms with E-state index in [4.69, 9.17) is 5.73 Å². The van der Waals surface area contributed by atoms with Crippen LogP contribution in [0.15, 0.2) is 58.5 Å². The van der Waals surface area contributed by atoms with Gasteiger partial charge in [-0.2, -0.15) is 0 Å². The van der Waals surface area contributed by atoms with E-state index in [-0.39, 0.29) is 6.04 Å². The lowest BCUT2D eigenvalue weighted by atomic mass is 10.0. The Morgan fingerprint density at radius 3 is 2.67 bits per heavy atom. The quantitative estimate of drug-likeness (QED) is 0.743. The van der Waals surface area contributed by atoms with Crippen LogP contribution in [0.2, 0.25) is 0 Å². The van der Waals surface area contributed by atoms with Crippen LogP contribution in [-0.4, -0.2) is 11.0 Å². The van der Waals surface area contributed by atoms with Gasteiger partial charge in [-0.15, -0.1) is 0 Å². The van der Waals surface area contributed by atoms with Crippen molar-refractivity contribution in [3.05, 3.63) is 59.7 Å². The van der Waals surface area contributed by atoms with Gasteiger partial charge < -0.3 is 10.7 Å². The van der Waals surface area contributed by atoms with Crippen LogP contribution in [0.4, 0.5) is 0 Å². The van der Waals surface area contributed by atoms with Crippen molar-refractivity contribution < 1.29 is 0 Å². The second-order valence-electron chi connectivity index (χ2n) is 5.59. The predicted molar refractivity (Wildman–Crippen MR) is 91.0 cm³/mol. The van der Waals surface area contributed by atoms with Crippen molar-refractivity contribution in [2.24, 2.45) is 5.73 Å². The third-order valence-electron chi connectivity index (χ3n) is 3.59. The van der Waals surface area contributed by atoms with Crippen molar-refractivity contribution in [2.75, 3.05) is 0 Å². The molecule has 3 rings (SSSR count). The van der Waals surface area contributed by atoms with Gasteiger partial charge in [0.1, 0.15) is 0 Å². The molecule has 1 heterocycles. The number of hydrogen-bond acceptors (Lipinski definition) is 2. The number of nitrogens with one attached hydrogen (secondary N) is 1. The molecule has 21 heavy (non-hydrogen) atoms. The maximum atomic E-state index is 5.89. The highest BCUT2D eigenvalue weighted by Crippen LogP contribution is 2.31. The lowest BCUT2D eigenvalue weighted by Crippen LogP contribution is -2.18. The summed E-state index contributed by atoms with van der Waals surface area (Å²) in [5.41, 5.74) is 9.73. The first-order valence-electron chi connectivity index (χ1n) is 7.22. The molecule has 2 nitrogen and oxygen atoms in total. The lowest BCUT2D eigenvalue weighted by Gasteiger charge is -2.10. The minimum atomic E-state index is 0.205. The molecule has 0 amide bonds. The van der Waals surface area contributed by atoms with Crippen molar-refractivity contribution in [1.29, 1.82) is 0 Å². The molecule has 0 aliphatic heterocycles. The zero-order valence-corrected chi connectivity index (χ0v) is 13.2. The van der Waals surface area contributed by atoms with E-state index in [1.807, 2.05) is 6.92 Å². The van der Waals surface area contributed by atoms with E-state index in [1.54, 1.807) is 11.8 Å². The Kier molecular flexibility index (Phi) is 4.04. The van der Waals surface area contributed by atoms with E-state index in [9.17, 15) is 0 Å². The second kappa shape index (κ2) is 5.96. The molecule has 0 aliphatic rings. The highest BCUT2D eigenvalue weighted by atomic mass is 32.2. The molecule has 3 N–H and O–H groups in total. The normalized spacial score (nSPS) is 12.7. The van der Waals surface area contributed by atoms with Crippen molar-refractivity contribution in [2.45, 2.75) is 36.2 Å². The van der Waals surface area contributed by atoms with Crippen molar-refractivity contribution in [1.82, 2.24) is 4.98 Å². The fourth-order valence-corrected chi connectivity index (χ4v) is 3.51. The van der Waals surface area contributed by atoms with Gasteiger partial charge in [0.15, 0.2) is 0 Å². The average molecular weight is 296 g/mol. The molecule has 0 radical (unpaired) electrons. The third kappa shape index (κ3) is 3.31. The Labute approximate surface area is 129 Å². The van der Waals surface area contributed by atoms with Crippen LogP contribution in [0.25, 0.3) is 10.9 Å². The van der Waals surface area contributed by atoms with Gasteiger partial charge >= 0.3 is 0 Å². The number of benzene rings is 2. The second-order valence-corrected chi connectivity index (χ2v) is 6.71. The number of aromatic nitrogens is 1. The Hall–Kier alpha value is -1.71. The molecule has 0 bridgehead atoms. The molecule has 0 saturated heterocycles. The van der Waals surface area contributed by atoms with Gasteiger partial charge in [0, 0.05) is 21.8 Å². The number of hydrogen-bond donors (Lipinski definition) is 2. The smallest absolute Gasteiger partial charge is 0.0780 e. The highest BCUT2D eigenvalue weighted by molar-refractivity contribution is 7.99. The molecule has 1 aromatic heterocycles. The zero-order chi connectivity index (χ0) is 14.8. The fourth-order valence-electron chi connectivity index (χ4n) is 2.54. The third-order valence-corrected chi connectivity index (χ3v) is 4.52. The maximum absolute atomic E-state index is 5.89. The van der Waals surface area contributed by atoms with Crippen LogP contribution in [0, 0.1) is 6.92 Å². The summed E-state index contributed by atoms with van der Waals surface area (Å²) in [7, 11) is 0. The summed E-state index contributed by atoms with van der Waals surface area (Å²) >= 11 is 1.77. The minimum absolute atomic E-state index is 0.205. The number of rotatable bonds is 4. The molecule has 0 saturated carbocycles. The van der Waals surface area contributed by atoms with Crippen LogP contribution in [0.5, 0.6) is 0 Å². The van der Waals surface area contributed by atoms with Crippen LogP contribution >= 0.6 is 11.8 Å². The standard InChI is InChI=1S/C18H20N2S/c1-12-9-16(8-7-14(12)10-13(2)19)21-18-11-15-5-3-4-6-17(15)20-18/h3-9,11,13,20H,10,19H2,1-2H3. The van der Waals surface area contributed by atoms with Gasteiger partial charge in [0.25, 0.3) is 0 Å². The summed E-state index contributed by atoms with van der Waals surface area (Å²) in [6, 6.07) is 17.4. The first kappa shape index (κ1) is 14.2. The largest absolute Gasteiger partial charge is 0.349 e. The Morgan fingerprint density at radius 1 is 1.14 bits per heavy atom. The summed E-state index contributed by atoms with van der Waals surface area (Å²) in [6.45, 7) is 4.21. The van der Waals surface area contributed by atoms with E-state index >= 15 is 0 Å². The van der Waals surface area contributed by atoms with Crippen LogP contribution in [-0.2, 0) is 6.42 Å². The molecule has 2 aromatic carbocycles. The number of para-hydroxylation sites is 1. The molecule has 3 heteroatoms. The maximum Gasteiger partial charge on any atom is 0.0780 e. The Balaban J connectivity index is 1.82. The minimum Gasteiger partial charge on any atom is -0.349 e. The van der Waals surface area contributed by atoms with Crippen molar-refractivity contribution in [3.8, 4) is 0 Å². The Bertz CT molecular complexity index is 726. The summed E-state index contributed by atoms with van der Waals surface area (Å²) in [5.74, 6) is 0. The molecule has 108 valence electrons. The topological polar surface area (TPSA) is 41.8 Å². The number of H-pyrrole nitrogens is 1. The van der Waals surface area contributed by atoms with E-state index in [0.29, 0.717) is 0 Å². The predicted octanol–water partition coefficient (Wildman–Crippen LogP) is 4.52. The Morgan fingerprint density at radius 2 is 1.95 bits per heavy atom. The van der Waals surface area contributed by atoms with Crippen LogP contribution < -0.4 is 5.73 Å². The van der Waals surface area contributed by atoms with Crippen molar-refractivity contribution in [3.63, 3.8) is 0 Å². The van der Waals surface area contributed by atoms with E-state index in [0.717, 1.165) is 6.42 Å². The summed E-state index contributed by atoms with van der Waals surface area (Å²) in [6.07, 6.45) is 0.934. The SMILES string of the molecule is Cc1cc(Sc2cc3ccccc3[nH]2)ccc1CC(C)N. The number of aryl methyl sites for hydroxylation is 1. The fraction of sp³-hybridized carbons (Fsp3) is 0.222. The summed E-state index contributed by atoms with van der Waals surface area (Å²) < 4.78 is 0. The zero-order valence-electron chi connectivity index (χ0n) is 12.4. The van der Waals surface area contributed by atoms with E-state index < -0.39 is 0 Å². The molecule has 1 atom stereocenters. The van der Waals surface area contributed by atoms with Gasteiger partial charge in [0.05, 0.1) is 5.03 Å². The lowest BCUT2D eigenvalue weighted by molar-refractivity contribution is 0.734. The molecule has 0 fully saturated rings. The van der Waals surface area contributed by atoms with E-state index in [2.05, 4.69) is 60.4 Å². The first-order valence-corrected chi connectivity index (χ1v) is 8.04. The van der Waals surface area contributed by atoms with Crippen molar-refractivity contribution >= 4 is 22.7 Å². The van der Waals surface area contributed by atoms with Gasteiger partial charge in [-0.25, -0.2) is 0 Å². The summed E-state index contributed by atoms with van der Waals surface area (Å²) in [4.78, 5) is 4.71. The van der Waals surface area contributed by atoms with Gasteiger partial charge in [-0.05, 0) is 55.7 Å². The molecule has 0 aliphatic carbocycles. The van der Waals surface area contributed by atoms with Gasteiger partial charge in [0.2, 0.25) is 0 Å². The number of aromatic amines is 1. The van der Waals surface area contributed by atoms with Gasteiger partial charge in [-0.1, -0.05) is 36.0 Å². The molecule has 3 aromatic rings. The first-order chi connectivity index (χ1) is 10.1. The molecule has 1 unspecified atom stereocenters. The monoisotopic (exact) mass is 296 g/mol. The van der Waals surface area contributed by atoms with Gasteiger partial charge in [-0.3, -0.25) is 0 Å². The number of fused-ring (bicyclic) bond motifs is 1. The van der Waals surface area contributed by atoms with E-state index in [1.165, 1.54) is 32.0 Å². The molecule has 0 spiro atoms.